The highest BCUT2D eigenvalue weighted by atomic mass is 19.1. The first-order valence-electron chi connectivity index (χ1n) is 13.8. The molecule has 0 aliphatic heterocycles. The first kappa shape index (κ1) is 32.0. The van der Waals surface area contributed by atoms with E-state index >= 15 is 0 Å². The molecule has 0 aromatic heterocycles. The molecule has 8 heteroatoms. The molecule has 0 heterocycles. The first-order valence-corrected chi connectivity index (χ1v) is 13.8. The molecule has 2 aromatic rings. The van der Waals surface area contributed by atoms with Crippen LogP contribution in [0.3, 0.4) is 0 Å². The maximum Gasteiger partial charge on any atom is 0.331 e. The van der Waals surface area contributed by atoms with Gasteiger partial charge in [0.15, 0.2) is 0 Å². The minimum atomic E-state index is -0.348. The lowest BCUT2D eigenvalue weighted by Crippen LogP contribution is -2.51. The molecule has 0 bridgehead atoms. The zero-order valence-corrected chi connectivity index (χ0v) is 24.4. The van der Waals surface area contributed by atoms with E-state index in [4.69, 9.17) is 0 Å². The number of aryl methyl sites for hydroxylation is 2. The summed E-state index contributed by atoms with van der Waals surface area (Å²) in [7, 11) is 5.39. The Kier molecular flexibility index (Phi) is 13.7. The molecule has 0 saturated carbocycles. The van der Waals surface area contributed by atoms with E-state index in [9.17, 15) is 14.0 Å². The van der Waals surface area contributed by atoms with Crippen molar-refractivity contribution in [1.29, 1.82) is 0 Å². The molecule has 0 unspecified atom stereocenters. The predicted molar refractivity (Wildman–Crippen MR) is 157 cm³/mol. The van der Waals surface area contributed by atoms with Crippen molar-refractivity contribution in [3.8, 4) is 0 Å². The number of hydrogen-bond acceptors (Lipinski definition) is 4. The highest BCUT2D eigenvalue weighted by Gasteiger charge is 2.20. The second-order valence-electron chi connectivity index (χ2n) is 10.0. The van der Waals surface area contributed by atoms with Gasteiger partial charge in [-0.25, -0.2) is 14.2 Å². The number of hydrogen-bond donors (Lipinski definition) is 1. The summed E-state index contributed by atoms with van der Waals surface area (Å²) in [4.78, 5) is 29.6. The Hall–Kier alpha value is -3.23. The second kappa shape index (κ2) is 16.7. The van der Waals surface area contributed by atoms with Gasteiger partial charge in [-0.3, -0.25) is 9.80 Å². The molecule has 214 valence electrons. The van der Waals surface area contributed by atoms with Gasteiger partial charge in [-0.2, -0.15) is 0 Å². The van der Waals surface area contributed by atoms with Crippen LogP contribution in [0.25, 0.3) is 0 Å². The Balaban J connectivity index is 1.82. The molecule has 0 saturated heterocycles. The maximum absolute atomic E-state index is 13.1. The van der Waals surface area contributed by atoms with Gasteiger partial charge in [0.2, 0.25) is 5.91 Å². The monoisotopic (exact) mass is 539 g/mol. The zero-order chi connectivity index (χ0) is 28.8. The maximum atomic E-state index is 13.1. The number of rotatable bonds is 16. The van der Waals surface area contributed by atoms with Gasteiger partial charge in [-0.1, -0.05) is 56.7 Å². The van der Waals surface area contributed by atoms with E-state index in [0.29, 0.717) is 13.1 Å². The molecule has 3 amide bonds. The van der Waals surface area contributed by atoms with Crippen LogP contribution in [-0.4, -0.2) is 85.6 Å². The number of carbonyl (C=O) groups excluding carboxylic acids is 2. The van der Waals surface area contributed by atoms with E-state index < -0.39 is 0 Å². The summed E-state index contributed by atoms with van der Waals surface area (Å²) in [6, 6.07) is 12.5. The molecule has 0 aliphatic carbocycles. The number of benzene rings is 2. The number of nitrogens with one attached hydrogen (secondary N) is 1. The van der Waals surface area contributed by atoms with Crippen molar-refractivity contribution in [3.63, 3.8) is 0 Å². The molecule has 0 atom stereocenters. The predicted octanol–water partition coefficient (Wildman–Crippen LogP) is 4.52. The minimum Gasteiger partial charge on any atom is -0.337 e. The minimum absolute atomic E-state index is 0.0575. The zero-order valence-electron chi connectivity index (χ0n) is 24.4. The highest BCUT2D eigenvalue weighted by Crippen LogP contribution is 2.16. The largest absolute Gasteiger partial charge is 0.337 e. The third kappa shape index (κ3) is 10.8. The summed E-state index contributed by atoms with van der Waals surface area (Å²) in [5.41, 5.74) is 5.04. The average molecular weight is 540 g/mol. The molecule has 2 rings (SSSR count). The molecule has 2 aromatic carbocycles. The SMILES string of the molecule is C=CCN(CCN(C)CCc1ccc(CC)c(CCC)c1)C(=O)CN(C)N(C)C(=O)NCc1ccc(F)cc1. The quantitative estimate of drug-likeness (QED) is 0.252. The van der Waals surface area contributed by atoms with Crippen LogP contribution >= 0.6 is 0 Å². The number of nitrogens with zero attached hydrogens (tertiary/aromatic N) is 4. The number of amides is 3. The van der Waals surface area contributed by atoms with Crippen LogP contribution < -0.4 is 5.32 Å². The van der Waals surface area contributed by atoms with Crippen molar-refractivity contribution in [1.82, 2.24) is 25.1 Å². The fourth-order valence-electron chi connectivity index (χ4n) is 4.33. The van der Waals surface area contributed by atoms with Crippen LogP contribution in [0.15, 0.2) is 55.1 Å². The van der Waals surface area contributed by atoms with Crippen LogP contribution in [0.4, 0.5) is 9.18 Å². The molecule has 0 spiro atoms. The number of likely N-dealkylation sites (N-methyl/N-ethyl adjacent to an activating group) is 2. The Morgan fingerprint density at radius 1 is 0.923 bits per heavy atom. The number of carbonyl (C=O) groups is 2. The van der Waals surface area contributed by atoms with Gasteiger partial charge >= 0.3 is 6.03 Å². The van der Waals surface area contributed by atoms with Gasteiger partial charge in [0.25, 0.3) is 0 Å². The van der Waals surface area contributed by atoms with Gasteiger partial charge in [0.05, 0.1) is 6.54 Å². The summed E-state index contributed by atoms with van der Waals surface area (Å²) in [6.07, 6.45) is 6.02. The van der Waals surface area contributed by atoms with Crippen LogP contribution in [0, 0.1) is 5.82 Å². The van der Waals surface area contributed by atoms with Crippen LogP contribution in [-0.2, 0) is 30.6 Å². The van der Waals surface area contributed by atoms with Gasteiger partial charge < -0.3 is 15.1 Å². The highest BCUT2D eigenvalue weighted by molar-refractivity contribution is 5.79. The van der Waals surface area contributed by atoms with Gasteiger partial charge in [0.1, 0.15) is 5.82 Å². The lowest BCUT2D eigenvalue weighted by atomic mass is 9.97. The number of urea groups is 1. The van der Waals surface area contributed by atoms with Crippen molar-refractivity contribution < 1.29 is 14.0 Å². The first-order chi connectivity index (χ1) is 18.7. The Bertz CT molecular complexity index is 1060. The van der Waals surface area contributed by atoms with E-state index in [2.05, 4.69) is 55.9 Å². The van der Waals surface area contributed by atoms with Crippen molar-refractivity contribution in [2.45, 2.75) is 46.1 Å². The molecular formula is C31H46FN5O2. The normalized spacial score (nSPS) is 11.1. The Labute approximate surface area is 234 Å². The van der Waals surface area contributed by atoms with Crippen LogP contribution in [0.1, 0.15) is 42.5 Å². The van der Waals surface area contributed by atoms with E-state index in [-0.39, 0.29) is 30.8 Å². The molecule has 1 N–H and O–H groups in total. The standard InChI is InChI=1S/C31H46FN5O2/c1-7-10-28-22-25(11-14-27(28)9-3)17-19-34(4)20-21-37(18-8-2)30(38)24-35(5)36(6)31(39)33-23-26-12-15-29(32)16-13-26/h8,11-16,22H,2,7,9-10,17-21,23-24H2,1,3-6H3,(H,33,39). The molecule has 0 fully saturated rings. The molecule has 7 nitrogen and oxygen atoms in total. The summed E-state index contributed by atoms with van der Waals surface area (Å²) >= 11 is 0. The van der Waals surface area contributed by atoms with Crippen molar-refractivity contribution in [2.24, 2.45) is 0 Å². The summed E-state index contributed by atoms with van der Waals surface area (Å²) in [6.45, 7) is 11.2. The van der Waals surface area contributed by atoms with Crippen LogP contribution in [0.2, 0.25) is 0 Å². The molecule has 39 heavy (non-hydrogen) atoms. The second-order valence-corrected chi connectivity index (χ2v) is 10.0. The van der Waals surface area contributed by atoms with Crippen LogP contribution in [0.5, 0.6) is 0 Å². The molecule has 0 radical (unpaired) electrons. The van der Waals surface area contributed by atoms with Crippen molar-refractivity contribution >= 4 is 11.9 Å². The van der Waals surface area contributed by atoms with E-state index in [1.165, 1.54) is 33.8 Å². The Morgan fingerprint density at radius 3 is 2.26 bits per heavy atom. The summed E-state index contributed by atoms with van der Waals surface area (Å²) < 4.78 is 13.1. The third-order valence-corrected chi connectivity index (χ3v) is 6.93. The third-order valence-electron chi connectivity index (χ3n) is 6.93. The lowest BCUT2D eigenvalue weighted by molar-refractivity contribution is -0.134. The van der Waals surface area contributed by atoms with Crippen molar-refractivity contribution in [2.75, 3.05) is 53.9 Å². The number of hydrazine groups is 1. The van der Waals surface area contributed by atoms with Gasteiger partial charge in [-0.15, -0.1) is 6.58 Å². The molecule has 0 aliphatic rings. The summed E-state index contributed by atoms with van der Waals surface area (Å²) in [5.74, 6) is -0.401. The van der Waals surface area contributed by atoms with Gasteiger partial charge in [0, 0.05) is 46.8 Å². The van der Waals surface area contributed by atoms with E-state index in [1.54, 1.807) is 42.2 Å². The topological polar surface area (TPSA) is 59.1 Å². The summed E-state index contributed by atoms with van der Waals surface area (Å²) in [5, 5.41) is 5.74. The van der Waals surface area contributed by atoms with E-state index in [1.807, 2.05) is 0 Å². The fourth-order valence-corrected chi connectivity index (χ4v) is 4.33. The Morgan fingerprint density at radius 2 is 1.62 bits per heavy atom. The smallest absolute Gasteiger partial charge is 0.331 e. The lowest BCUT2D eigenvalue weighted by Gasteiger charge is -2.31. The molecular weight excluding hydrogens is 493 g/mol. The average Bonchev–Trinajstić information content (AvgIpc) is 2.93. The van der Waals surface area contributed by atoms with Crippen molar-refractivity contribution in [3.05, 3.63) is 83.2 Å². The number of halogens is 1. The van der Waals surface area contributed by atoms with E-state index in [0.717, 1.165) is 44.3 Å². The fraction of sp³-hybridized carbons (Fsp3) is 0.484. The van der Waals surface area contributed by atoms with Gasteiger partial charge in [-0.05, 0) is 60.7 Å².